The molecule has 0 amide bonds. The lowest BCUT2D eigenvalue weighted by molar-refractivity contribution is 1.15. The second-order valence-electron chi connectivity index (χ2n) is 20.1. The number of fused-ring (bicyclic) bond motifs is 8. The Morgan fingerprint density at radius 3 is 1.22 bits per heavy atom. The fourth-order valence-electron chi connectivity index (χ4n) is 8.97. The van der Waals surface area contributed by atoms with Crippen molar-refractivity contribution in [2.45, 2.75) is 166 Å². The van der Waals surface area contributed by atoms with Gasteiger partial charge in [-0.3, -0.25) is 69.8 Å². The van der Waals surface area contributed by atoms with Crippen LogP contribution in [0.1, 0.15) is 156 Å². The number of para-hydroxylation sites is 1. The van der Waals surface area contributed by atoms with Gasteiger partial charge in [0.1, 0.15) is 6.33 Å². The van der Waals surface area contributed by atoms with Gasteiger partial charge in [-0.15, -0.1) is 0 Å². The number of nitrogens with zero attached hydrogens (tertiary/aromatic N) is 16. The molecule has 1 aromatic carbocycles. The zero-order valence-corrected chi connectivity index (χ0v) is 66.2. The number of aromatic nitrogens is 16. The molecule has 0 saturated heterocycles. The fraction of sp³-hybridized carbons (Fsp3) is 0.273. The molecule has 15 heterocycles. The Morgan fingerprint density at radius 2 is 0.596 bits per heavy atom. The summed E-state index contributed by atoms with van der Waals surface area (Å²) in [5, 5.41) is 10.3. The average molecular weight is 1390 g/mol. The highest BCUT2D eigenvalue weighted by Crippen LogP contribution is 2.18. The molecule has 16 heteroatoms. The number of benzene rings is 1. The summed E-state index contributed by atoms with van der Waals surface area (Å²) in [5.41, 5.74) is 15.6. The SMILES string of the molecule is CC.CC.CC.CC.CC.CC.CC.CC.Cc1cnc2cccnc2c1.Cc1cnc2ccncc2c1.Cc1cnc2cnccc2c1.Cc1nccc2cccnc12.Cc1nccc2ccncc12.Cc1nccc2cnccc12.Cc1nccc2ncccc12.Cc1ncnc2ccccc12. The Balaban J connectivity index is 0.000000578. The summed E-state index contributed by atoms with van der Waals surface area (Å²) < 4.78 is 0. The van der Waals surface area contributed by atoms with Gasteiger partial charge in [0.2, 0.25) is 0 Å². The summed E-state index contributed by atoms with van der Waals surface area (Å²) in [7, 11) is 0. The molecule has 0 saturated carbocycles. The minimum absolute atomic E-state index is 0.957. The van der Waals surface area contributed by atoms with E-state index in [-0.39, 0.29) is 0 Å². The van der Waals surface area contributed by atoms with E-state index in [1.165, 1.54) is 21.9 Å². The van der Waals surface area contributed by atoms with Crippen molar-refractivity contribution in [2.24, 2.45) is 0 Å². The van der Waals surface area contributed by atoms with Gasteiger partial charge in [0.15, 0.2) is 0 Å². The van der Waals surface area contributed by atoms with Crippen molar-refractivity contribution >= 4 is 87.1 Å². The topological polar surface area (TPSA) is 206 Å². The summed E-state index contributed by atoms with van der Waals surface area (Å²) in [5.74, 6) is 0. The van der Waals surface area contributed by atoms with Gasteiger partial charge in [-0.1, -0.05) is 135 Å². The normalized spacial score (nSPS) is 9.15. The van der Waals surface area contributed by atoms with Crippen LogP contribution in [0.3, 0.4) is 0 Å². The first kappa shape index (κ1) is 90.5. The van der Waals surface area contributed by atoms with Crippen LogP contribution < -0.4 is 0 Å². The molecule has 0 unspecified atom stereocenters. The van der Waals surface area contributed by atoms with Gasteiger partial charge < -0.3 is 0 Å². The predicted octanol–water partition coefficient (Wildman–Crippen LogP) is 23.7. The molecule has 0 bridgehead atoms. The fourth-order valence-corrected chi connectivity index (χ4v) is 8.97. The molecule has 16 aromatic rings. The Morgan fingerprint density at radius 1 is 0.192 bits per heavy atom. The number of hydrogen-bond acceptors (Lipinski definition) is 16. The van der Waals surface area contributed by atoms with Crippen LogP contribution in [0.5, 0.6) is 0 Å². The van der Waals surface area contributed by atoms with Gasteiger partial charge in [0, 0.05) is 171 Å². The van der Waals surface area contributed by atoms with Crippen LogP contribution in [-0.2, 0) is 0 Å². The van der Waals surface area contributed by atoms with Crippen molar-refractivity contribution < 1.29 is 0 Å². The summed E-state index contributed by atoms with van der Waals surface area (Å²) >= 11 is 0. The molecule has 0 spiro atoms. The third-order valence-electron chi connectivity index (χ3n) is 13.5. The van der Waals surface area contributed by atoms with E-state index in [0.29, 0.717) is 0 Å². The maximum absolute atomic E-state index is 4.24. The lowest BCUT2D eigenvalue weighted by Gasteiger charge is -1.97. The third-order valence-corrected chi connectivity index (χ3v) is 13.5. The molecule has 15 aromatic heterocycles. The van der Waals surface area contributed by atoms with E-state index in [2.05, 4.69) is 91.9 Å². The summed E-state index contributed by atoms with van der Waals surface area (Å²) in [6.07, 6.45) is 34.1. The van der Waals surface area contributed by atoms with Crippen LogP contribution in [0.4, 0.5) is 0 Å². The van der Waals surface area contributed by atoms with Gasteiger partial charge in [-0.2, -0.15) is 0 Å². The lowest BCUT2D eigenvalue weighted by Crippen LogP contribution is -1.85. The highest BCUT2D eigenvalue weighted by atomic mass is 14.8. The van der Waals surface area contributed by atoms with Gasteiger partial charge in [-0.05, 0) is 181 Å². The van der Waals surface area contributed by atoms with E-state index in [4.69, 9.17) is 0 Å². The van der Waals surface area contributed by atoms with Gasteiger partial charge in [0.25, 0.3) is 0 Å². The Labute approximate surface area is 620 Å². The highest BCUT2D eigenvalue weighted by Gasteiger charge is 2.00. The van der Waals surface area contributed by atoms with Crippen LogP contribution >= 0.6 is 0 Å². The second-order valence-corrected chi connectivity index (χ2v) is 20.1. The maximum atomic E-state index is 4.24. The van der Waals surface area contributed by atoms with Crippen molar-refractivity contribution in [3.63, 3.8) is 0 Å². The first-order chi connectivity index (χ1) is 51.0. The van der Waals surface area contributed by atoms with Crippen LogP contribution in [-0.4, -0.2) is 79.7 Å². The maximum Gasteiger partial charge on any atom is 0.116 e. The number of pyridine rings is 14. The largest absolute Gasteiger partial charge is 0.264 e. The van der Waals surface area contributed by atoms with E-state index in [1.807, 2.05) is 325 Å². The lowest BCUT2D eigenvalue weighted by atomic mass is 10.2. The summed E-state index contributed by atoms with van der Waals surface area (Å²) in [4.78, 5) is 66.2. The molecule has 544 valence electrons. The van der Waals surface area contributed by atoms with Crippen LogP contribution in [0, 0.1) is 55.4 Å². The minimum Gasteiger partial charge on any atom is -0.264 e. The standard InChI is InChI=1S/8C9H8N2.8C2H6/c1-7-9-3-4-10-6-8(9)2-5-11-7;1-7-9-6-10-4-2-8(9)3-5-11-7;1-7-4-8-6-10-3-2-9(8)11-5-7;1-7-4-8-2-3-10-6-9(8)11-5-7;1-7-8-3-2-5-11-9(8)4-6-10-7;1-7-9-8(4-6-10-7)3-2-5-11-9;1-7-5-9-8(11-6-7)3-2-4-10-9;1-7-8-4-2-3-5-9(8)11-6-10-7;8*1-2/h8*2-6H,1H3;8*1-2H3. The minimum atomic E-state index is 0.957. The molecule has 0 aliphatic rings. The van der Waals surface area contributed by atoms with Gasteiger partial charge >= 0.3 is 0 Å². The summed E-state index contributed by atoms with van der Waals surface area (Å²) in [6, 6.07) is 41.7. The van der Waals surface area contributed by atoms with E-state index in [1.54, 1.807) is 74.5 Å². The van der Waals surface area contributed by atoms with Crippen molar-refractivity contribution in [3.05, 3.63) is 290 Å². The van der Waals surface area contributed by atoms with E-state index in [9.17, 15) is 0 Å². The number of aryl methyl sites for hydroxylation is 8. The first-order valence-corrected chi connectivity index (χ1v) is 36.3. The van der Waals surface area contributed by atoms with E-state index >= 15 is 0 Å². The molecule has 16 nitrogen and oxygen atoms in total. The van der Waals surface area contributed by atoms with Crippen LogP contribution in [0.15, 0.2) is 245 Å². The first-order valence-electron chi connectivity index (χ1n) is 36.3. The molecule has 0 radical (unpaired) electrons. The van der Waals surface area contributed by atoms with Gasteiger partial charge in [0.05, 0.1) is 50.5 Å². The molecule has 0 aliphatic heterocycles. The quantitative estimate of drug-likeness (QED) is 0.138. The average Bonchev–Trinajstić information content (AvgIpc) is 0.835. The van der Waals surface area contributed by atoms with Gasteiger partial charge in [-0.25, -0.2) is 9.97 Å². The van der Waals surface area contributed by atoms with Crippen molar-refractivity contribution in [1.82, 2.24) is 79.7 Å². The molecule has 16 rings (SSSR count). The third kappa shape index (κ3) is 30.8. The molecule has 104 heavy (non-hydrogen) atoms. The van der Waals surface area contributed by atoms with Crippen LogP contribution in [0.2, 0.25) is 0 Å². The number of rotatable bonds is 0. The molecule has 0 N–H and O–H groups in total. The van der Waals surface area contributed by atoms with Crippen LogP contribution in [0.25, 0.3) is 87.1 Å². The zero-order valence-electron chi connectivity index (χ0n) is 66.2. The molecular weight excluding hydrogens is 1280 g/mol. The zero-order chi connectivity index (χ0) is 77.5. The second kappa shape index (κ2) is 55.2. The monoisotopic (exact) mass is 1390 g/mol. The predicted molar refractivity (Wildman–Crippen MR) is 445 cm³/mol. The molecule has 0 atom stereocenters. The van der Waals surface area contributed by atoms with Crippen molar-refractivity contribution in [1.29, 1.82) is 0 Å². The van der Waals surface area contributed by atoms with Crippen molar-refractivity contribution in [2.75, 3.05) is 0 Å². The molecular formula is C88H112N16. The van der Waals surface area contributed by atoms with E-state index < -0.39 is 0 Å². The smallest absolute Gasteiger partial charge is 0.116 e. The number of hydrogen-bond donors (Lipinski definition) is 0. The molecule has 0 fully saturated rings. The van der Waals surface area contributed by atoms with Crippen molar-refractivity contribution in [3.8, 4) is 0 Å². The Bertz CT molecular complexity index is 4230. The molecule has 0 aliphatic carbocycles. The van der Waals surface area contributed by atoms with E-state index in [0.717, 1.165) is 110 Å². The Hall–Kier alpha value is -11.5. The highest BCUT2D eigenvalue weighted by molar-refractivity contribution is 5.85. The Kier molecular flexibility index (Phi) is 48.0. The summed E-state index contributed by atoms with van der Waals surface area (Å²) in [6.45, 7) is 48.0.